The van der Waals surface area contributed by atoms with Crippen LogP contribution in [0.5, 0.6) is 0 Å². The highest BCUT2D eigenvalue weighted by atomic mass is 35.5. The van der Waals surface area contributed by atoms with Gasteiger partial charge in [0, 0.05) is 23.3 Å². The van der Waals surface area contributed by atoms with Gasteiger partial charge >= 0.3 is 0 Å². The van der Waals surface area contributed by atoms with Crippen molar-refractivity contribution in [3.8, 4) is 16.9 Å². The van der Waals surface area contributed by atoms with E-state index in [9.17, 15) is 0 Å². The van der Waals surface area contributed by atoms with Crippen molar-refractivity contribution in [1.82, 2.24) is 40.0 Å². The second-order valence-electron chi connectivity index (χ2n) is 7.71. The summed E-state index contributed by atoms with van der Waals surface area (Å²) in [6, 6.07) is 14.4. The fraction of sp³-hybridized carbons (Fsp3) is 0.0870. The van der Waals surface area contributed by atoms with E-state index in [2.05, 4.69) is 30.6 Å². The maximum Gasteiger partial charge on any atom is 0.153 e. The summed E-state index contributed by atoms with van der Waals surface area (Å²) in [7, 11) is 0. The Kier molecular flexibility index (Phi) is 4.44. The summed E-state index contributed by atoms with van der Waals surface area (Å²) in [5.41, 5.74) is 4.55. The van der Waals surface area contributed by atoms with Gasteiger partial charge in [-0.25, -0.2) is 9.07 Å². The molecule has 162 valence electrons. The average molecular weight is 459 g/mol. The standard InChI is InChI=1S/C23H16ClFN8/c1-13(19-5-3-16(24)12-26-19)32-21(6-7-28-32)15-8-18(25)23-22(9-15)33(31-30-23)17-4-2-14-11-27-29-20(14)10-17/h2-13H,1H3,(H,27,29). The van der Waals surface area contributed by atoms with Crippen molar-refractivity contribution < 1.29 is 4.39 Å². The predicted molar refractivity (Wildman–Crippen MR) is 123 cm³/mol. The Morgan fingerprint density at radius 1 is 1.06 bits per heavy atom. The number of hydrogen-bond acceptors (Lipinski definition) is 5. The van der Waals surface area contributed by atoms with Crippen molar-refractivity contribution in [2.24, 2.45) is 0 Å². The van der Waals surface area contributed by atoms with Crippen LogP contribution in [0.25, 0.3) is 38.9 Å². The molecular formula is C23H16ClFN8. The Labute approximate surface area is 191 Å². The summed E-state index contributed by atoms with van der Waals surface area (Å²) >= 11 is 5.98. The molecule has 0 saturated heterocycles. The second kappa shape index (κ2) is 7.49. The van der Waals surface area contributed by atoms with Crippen molar-refractivity contribution >= 4 is 33.5 Å². The van der Waals surface area contributed by atoms with Gasteiger partial charge in [-0.3, -0.25) is 14.8 Å². The van der Waals surface area contributed by atoms with Gasteiger partial charge in [0.2, 0.25) is 0 Å². The highest BCUT2D eigenvalue weighted by Crippen LogP contribution is 2.30. The third-order valence-electron chi connectivity index (χ3n) is 5.69. The Bertz CT molecular complexity index is 1620. The van der Waals surface area contributed by atoms with E-state index in [4.69, 9.17) is 11.6 Å². The number of fused-ring (bicyclic) bond motifs is 2. The van der Waals surface area contributed by atoms with Crippen LogP contribution in [0.1, 0.15) is 18.7 Å². The molecule has 1 unspecified atom stereocenters. The van der Waals surface area contributed by atoms with Crippen LogP contribution in [-0.2, 0) is 0 Å². The monoisotopic (exact) mass is 458 g/mol. The van der Waals surface area contributed by atoms with Crippen LogP contribution in [0.3, 0.4) is 0 Å². The first-order chi connectivity index (χ1) is 16.1. The van der Waals surface area contributed by atoms with E-state index in [1.54, 1.807) is 29.3 Å². The number of hydrogen-bond donors (Lipinski definition) is 1. The minimum absolute atomic E-state index is 0.183. The van der Waals surface area contributed by atoms with Crippen LogP contribution in [0.4, 0.5) is 4.39 Å². The van der Waals surface area contributed by atoms with Crippen molar-refractivity contribution in [2.45, 2.75) is 13.0 Å². The molecule has 1 N–H and O–H groups in total. The number of nitrogens with zero attached hydrogens (tertiary/aromatic N) is 7. The van der Waals surface area contributed by atoms with Crippen molar-refractivity contribution in [3.05, 3.63) is 83.7 Å². The highest BCUT2D eigenvalue weighted by Gasteiger charge is 2.19. The topological polar surface area (TPSA) is 90.1 Å². The summed E-state index contributed by atoms with van der Waals surface area (Å²) in [6.45, 7) is 1.98. The molecule has 0 amide bonds. The van der Waals surface area contributed by atoms with E-state index in [-0.39, 0.29) is 11.6 Å². The van der Waals surface area contributed by atoms with Gasteiger partial charge in [-0.15, -0.1) is 5.10 Å². The molecule has 33 heavy (non-hydrogen) atoms. The molecule has 0 saturated carbocycles. The maximum atomic E-state index is 15.1. The van der Waals surface area contributed by atoms with Crippen LogP contribution in [0.15, 0.2) is 67.1 Å². The zero-order valence-electron chi connectivity index (χ0n) is 17.3. The smallest absolute Gasteiger partial charge is 0.153 e. The van der Waals surface area contributed by atoms with Gasteiger partial charge in [0.05, 0.1) is 45.4 Å². The van der Waals surface area contributed by atoms with Crippen molar-refractivity contribution in [3.63, 3.8) is 0 Å². The molecule has 4 aromatic heterocycles. The first-order valence-electron chi connectivity index (χ1n) is 10.2. The van der Waals surface area contributed by atoms with Gasteiger partial charge in [0.25, 0.3) is 0 Å². The van der Waals surface area contributed by atoms with Gasteiger partial charge in [-0.05, 0) is 55.5 Å². The van der Waals surface area contributed by atoms with E-state index < -0.39 is 5.82 Å². The molecule has 0 aliphatic heterocycles. The van der Waals surface area contributed by atoms with E-state index in [0.29, 0.717) is 16.1 Å². The van der Waals surface area contributed by atoms with Crippen LogP contribution < -0.4 is 0 Å². The number of benzene rings is 2. The molecule has 6 aromatic rings. The van der Waals surface area contributed by atoms with E-state index >= 15 is 4.39 Å². The summed E-state index contributed by atoms with van der Waals surface area (Å²) in [4.78, 5) is 4.40. The van der Waals surface area contributed by atoms with Crippen LogP contribution in [-0.4, -0.2) is 40.0 Å². The molecule has 0 fully saturated rings. The average Bonchev–Trinajstić information content (AvgIpc) is 3.57. The van der Waals surface area contributed by atoms with Crippen molar-refractivity contribution in [2.75, 3.05) is 0 Å². The normalized spacial score (nSPS) is 12.6. The van der Waals surface area contributed by atoms with E-state index in [0.717, 1.165) is 28.0 Å². The second-order valence-corrected chi connectivity index (χ2v) is 8.14. The number of aromatic nitrogens is 8. The zero-order valence-corrected chi connectivity index (χ0v) is 18.1. The Balaban J connectivity index is 1.47. The first kappa shape index (κ1) is 19.6. The lowest BCUT2D eigenvalue weighted by atomic mass is 10.1. The highest BCUT2D eigenvalue weighted by molar-refractivity contribution is 6.30. The van der Waals surface area contributed by atoms with Gasteiger partial charge in [-0.1, -0.05) is 16.8 Å². The molecular weight excluding hydrogens is 443 g/mol. The van der Waals surface area contributed by atoms with Gasteiger partial charge < -0.3 is 0 Å². The van der Waals surface area contributed by atoms with Crippen LogP contribution >= 0.6 is 11.6 Å². The lowest BCUT2D eigenvalue weighted by molar-refractivity contribution is 0.557. The number of aromatic amines is 1. The largest absolute Gasteiger partial charge is 0.278 e. The van der Waals surface area contributed by atoms with E-state index in [1.807, 2.05) is 48.0 Å². The zero-order chi connectivity index (χ0) is 22.5. The van der Waals surface area contributed by atoms with Crippen molar-refractivity contribution in [1.29, 1.82) is 0 Å². The quantitative estimate of drug-likeness (QED) is 0.403. The van der Waals surface area contributed by atoms with Gasteiger partial charge in [0.1, 0.15) is 5.52 Å². The molecule has 8 nitrogen and oxygen atoms in total. The molecule has 10 heteroatoms. The summed E-state index contributed by atoms with van der Waals surface area (Å²) in [6.07, 6.45) is 5.03. The predicted octanol–water partition coefficient (Wildman–Crippen LogP) is 4.96. The number of nitrogens with one attached hydrogen (secondary N) is 1. The third kappa shape index (κ3) is 3.25. The van der Waals surface area contributed by atoms with Crippen LogP contribution in [0, 0.1) is 5.82 Å². The molecule has 1 atom stereocenters. The number of H-pyrrole nitrogens is 1. The van der Waals surface area contributed by atoms with E-state index in [1.165, 1.54) is 6.07 Å². The molecule has 0 aliphatic rings. The lowest BCUT2D eigenvalue weighted by Crippen LogP contribution is -2.11. The number of pyridine rings is 1. The first-order valence-corrected chi connectivity index (χ1v) is 10.6. The molecule has 0 spiro atoms. The molecule has 6 rings (SSSR count). The maximum absolute atomic E-state index is 15.1. The third-order valence-corrected chi connectivity index (χ3v) is 5.91. The SMILES string of the molecule is CC(c1ccc(Cl)cn1)n1nccc1-c1cc(F)c2nnn(-c3ccc4cn[nH]c4c3)c2c1. The molecule has 0 aliphatic carbocycles. The summed E-state index contributed by atoms with van der Waals surface area (Å²) < 4.78 is 18.5. The van der Waals surface area contributed by atoms with Gasteiger partial charge in [-0.2, -0.15) is 10.2 Å². The Hall–Kier alpha value is -4.11. The molecule has 4 heterocycles. The lowest BCUT2D eigenvalue weighted by Gasteiger charge is -2.16. The minimum Gasteiger partial charge on any atom is -0.278 e. The summed E-state index contributed by atoms with van der Waals surface area (Å²) in [5.74, 6) is -0.457. The Morgan fingerprint density at radius 3 is 2.82 bits per heavy atom. The van der Waals surface area contributed by atoms with Gasteiger partial charge in [0.15, 0.2) is 5.82 Å². The fourth-order valence-corrected chi connectivity index (χ4v) is 4.10. The fourth-order valence-electron chi connectivity index (χ4n) is 3.99. The minimum atomic E-state index is -0.457. The number of rotatable bonds is 4. The molecule has 0 radical (unpaired) electrons. The molecule has 2 aromatic carbocycles. The molecule has 0 bridgehead atoms. The van der Waals surface area contributed by atoms with Crippen LogP contribution in [0.2, 0.25) is 5.02 Å². The number of halogens is 2. The Morgan fingerprint density at radius 2 is 1.97 bits per heavy atom. The summed E-state index contributed by atoms with van der Waals surface area (Å²) in [5, 5.41) is 21.3.